The molecular weight excluding hydrogens is 226 g/mol. The van der Waals surface area contributed by atoms with E-state index < -0.39 is 0 Å². The van der Waals surface area contributed by atoms with E-state index in [9.17, 15) is 0 Å². The monoisotopic (exact) mass is 237 g/mol. The molecule has 1 N–H and O–H groups in total. The fraction of sp³-hybridized carbons (Fsp3) is 0.0769. The number of H-pyrrole nitrogens is 1. The largest absolute Gasteiger partial charge is 0.346 e. The zero-order valence-electron chi connectivity index (χ0n) is 9.61. The van der Waals surface area contributed by atoms with Gasteiger partial charge in [-0.3, -0.25) is 5.01 Å². The summed E-state index contributed by atoms with van der Waals surface area (Å²) in [7, 11) is 0. The average molecular weight is 237 g/mol. The van der Waals surface area contributed by atoms with Gasteiger partial charge in [-0.15, -0.1) is 0 Å². The predicted molar refractivity (Wildman–Crippen MR) is 70.7 cm³/mol. The fourth-order valence-corrected chi connectivity index (χ4v) is 2.31. The number of nitrogens with one attached hydrogen (secondary N) is 1. The van der Waals surface area contributed by atoms with E-state index >= 15 is 0 Å². The summed E-state index contributed by atoms with van der Waals surface area (Å²) < 4.78 is 2.06. The van der Waals surface area contributed by atoms with Gasteiger partial charge in [-0.05, 0) is 12.1 Å². The lowest BCUT2D eigenvalue weighted by Crippen LogP contribution is -2.29. The first-order valence-corrected chi connectivity index (χ1v) is 5.83. The van der Waals surface area contributed by atoms with Crippen LogP contribution in [-0.4, -0.2) is 26.2 Å². The van der Waals surface area contributed by atoms with Gasteiger partial charge < -0.3 is 4.98 Å². The van der Waals surface area contributed by atoms with E-state index in [0.717, 1.165) is 28.6 Å². The lowest BCUT2D eigenvalue weighted by Gasteiger charge is -2.22. The van der Waals surface area contributed by atoms with E-state index in [0.29, 0.717) is 0 Å². The first-order chi connectivity index (χ1) is 8.93. The third kappa shape index (κ3) is 1.21. The third-order valence-corrected chi connectivity index (χ3v) is 3.15. The topological polar surface area (TPSA) is 49.7 Å². The van der Waals surface area contributed by atoms with Crippen molar-refractivity contribution < 1.29 is 0 Å². The molecule has 1 aliphatic rings. The Morgan fingerprint density at radius 1 is 1.22 bits per heavy atom. The Morgan fingerprint density at radius 2 is 2.22 bits per heavy atom. The van der Waals surface area contributed by atoms with Crippen LogP contribution in [0.2, 0.25) is 0 Å². The van der Waals surface area contributed by atoms with Crippen molar-refractivity contribution in [1.82, 2.24) is 19.6 Å². The highest BCUT2D eigenvalue weighted by atomic mass is 15.5. The molecule has 0 saturated heterocycles. The number of aromatic nitrogens is 4. The molecule has 0 saturated carbocycles. The van der Waals surface area contributed by atoms with Crippen molar-refractivity contribution in [3.63, 3.8) is 0 Å². The Hall–Kier alpha value is -2.56. The molecule has 0 unspecified atom stereocenters. The number of imidazole rings is 1. The van der Waals surface area contributed by atoms with Gasteiger partial charge in [-0.25, -0.2) is 14.6 Å². The smallest absolute Gasteiger partial charge is 0.139 e. The van der Waals surface area contributed by atoms with Crippen LogP contribution in [-0.2, 0) is 0 Å². The van der Waals surface area contributed by atoms with Crippen LogP contribution in [0.5, 0.6) is 0 Å². The number of aromatic amines is 1. The van der Waals surface area contributed by atoms with Crippen LogP contribution in [0.1, 0.15) is 0 Å². The Morgan fingerprint density at radius 3 is 3.11 bits per heavy atom. The van der Waals surface area contributed by atoms with Gasteiger partial charge in [0.15, 0.2) is 0 Å². The second-order valence-corrected chi connectivity index (χ2v) is 4.21. The molecule has 0 radical (unpaired) electrons. The van der Waals surface area contributed by atoms with Crippen LogP contribution < -0.4 is 5.01 Å². The Labute approximate surface area is 103 Å². The van der Waals surface area contributed by atoms with Crippen molar-refractivity contribution in [2.75, 3.05) is 11.6 Å². The SMILES string of the molecule is C1=CCN(n2cnc3cnc4[nH]ccc4c32)C=C1. The Balaban J connectivity index is 2.02. The molecule has 88 valence electrons. The van der Waals surface area contributed by atoms with Crippen LogP contribution in [0.15, 0.2) is 49.2 Å². The summed E-state index contributed by atoms with van der Waals surface area (Å²) in [5, 5.41) is 3.20. The number of fused-ring (bicyclic) bond motifs is 3. The Kier molecular flexibility index (Phi) is 1.82. The predicted octanol–water partition coefficient (Wildman–Crippen LogP) is 1.93. The van der Waals surface area contributed by atoms with Crippen LogP contribution in [0.4, 0.5) is 0 Å². The van der Waals surface area contributed by atoms with E-state index in [4.69, 9.17) is 0 Å². The first kappa shape index (κ1) is 9.47. The van der Waals surface area contributed by atoms with Crippen LogP contribution in [0.25, 0.3) is 22.1 Å². The quantitative estimate of drug-likeness (QED) is 0.703. The molecule has 0 spiro atoms. The number of allylic oxidation sites excluding steroid dienone is 2. The van der Waals surface area contributed by atoms with E-state index in [-0.39, 0.29) is 0 Å². The van der Waals surface area contributed by atoms with E-state index in [1.165, 1.54) is 0 Å². The van der Waals surface area contributed by atoms with Crippen molar-refractivity contribution >= 4 is 22.1 Å². The molecule has 0 aromatic carbocycles. The average Bonchev–Trinajstić information content (AvgIpc) is 3.05. The third-order valence-electron chi connectivity index (χ3n) is 3.15. The summed E-state index contributed by atoms with van der Waals surface area (Å²) in [6.07, 6.45) is 13.8. The second-order valence-electron chi connectivity index (χ2n) is 4.21. The van der Waals surface area contributed by atoms with Gasteiger partial charge in [0.1, 0.15) is 23.0 Å². The highest BCUT2D eigenvalue weighted by Gasteiger charge is 2.12. The van der Waals surface area contributed by atoms with Crippen LogP contribution in [0.3, 0.4) is 0 Å². The van der Waals surface area contributed by atoms with Gasteiger partial charge in [0, 0.05) is 17.8 Å². The summed E-state index contributed by atoms with van der Waals surface area (Å²) in [6.45, 7) is 0.843. The molecule has 0 fully saturated rings. The van der Waals surface area contributed by atoms with Gasteiger partial charge in [-0.1, -0.05) is 12.2 Å². The molecule has 5 heteroatoms. The fourth-order valence-electron chi connectivity index (χ4n) is 2.31. The summed E-state index contributed by atoms with van der Waals surface area (Å²) in [6, 6.07) is 2.03. The minimum atomic E-state index is 0.843. The maximum Gasteiger partial charge on any atom is 0.139 e. The zero-order valence-corrected chi connectivity index (χ0v) is 9.61. The molecule has 4 heterocycles. The van der Waals surface area contributed by atoms with Crippen molar-refractivity contribution in [3.8, 4) is 0 Å². The molecule has 1 aliphatic heterocycles. The highest BCUT2D eigenvalue weighted by molar-refractivity contribution is 6.01. The van der Waals surface area contributed by atoms with Crippen LogP contribution in [0, 0.1) is 0 Å². The number of nitrogens with zero attached hydrogens (tertiary/aromatic N) is 4. The standard InChI is InChI=1S/C13H11N5/c1-2-6-17(7-3-1)18-9-16-11-8-15-13-10(12(11)18)4-5-14-13/h1-6,8-9H,7H2,(H,14,15). The molecule has 4 rings (SSSR count). The van der Waals surface area contributed by atoms with Crippen molar-refractivity contribution in [2.45, 2.75) is 0 Å². The number of pyridine rings is 1. The van der Waals surface area contributed by atoms with E-state index in [2.05, 4.69) is 30.7 Å². The summed E-state index contributed by atoms with van der Waals surface area (Å²) in [5.41, 5.74) is 2.88. The lowest BCUT2D eigenvalue weighted by molar-refractivity contribution is 0.745. The molecule has 0 bridgehead atoms. The molecule has 0 amide bonds. The Bertz CT molecular complexity index is 777. The zero-order chi connectivity index (χ0) is 11.9. The second kappa shape index (κ2) is 3.46. The minimum Gasteiger partial charge on any atom is -0.346 e. The van der Waals surface area contributed by atoms with Crippen LogP contribution >= 0.6 is 0 Å². The van der Waals surface area contributed by atoms with Gasteiger partial charge >= 0.3 is 0 Å². The molecule has 0 atom stereocenters. The van der Waals surface area contributed by atoms with Gasteiger partial charge in [0.25, 0.3) is 0 Å². The molecule has 5 nitrogen and oxygen atoms in total. The summed E-state index contributed by atoms with van der Waals surface area (Å²) >= 11 is 0. The van der Waals surface area contributed by atoms with E-state index in [1.807, 2.05) is 36.9 Å². The van der Waals surface area contributed by atoms with Crippen molar-refractivity contribution in [2.24, 2.45) is 0 Å². The lowest BCUT2D eigenvalue weighted by atomic mass is 10.3. The van der Waals surface area contributed by atoms with Gasteiger partial charge in [0.2, 0.25) is 0 Å². The minimum absolute atomic E-state index is 0.843. The number of hydrogen-bond donors (Lipinski definition) is 1. The summed E-state index contributed by atoms with van der Waals surface area (Å²) in [5.74, 6) is 0. The van der Waals surface area contributed by atoms with E-state index in [1.54, 1.807) is 6.20 Å². The number of rotatable bonds is 1. The highest BCUT2D eigenvalue weighted by Crippen LogP contribution is 2.22. The maximum atomic E-state index is 4.41. The first-order valence-electron chi connectivity index (χ1n) is 5.83. The van der Waals surface area contributed by atoms with Crippen molar-refractivity contribution in [1.29, 1.82) is 0 Å². The normalized spacial score (nSPS) is 15.0. The maximum absolute atomic E-state index is 4.41. The van der Waals surface area contributed by atoms with Crippen molar-refractivity contribution in [3.05, 3.63) is 49.2 Å². The molecule has 18 heavy (non-hydrogen) atoms. The molecule has 0 aliphatic carbocycles. The van der Waals surface area contributed by atoms with Gasteiger partial charge in [0.05, 0.1) is 12.7 Å². The number of hydrogen-bond acceptors (Lipinski definition) is 3. The molecule has 3 aromatic rings. The summed E-state index contributed by atoms with van der Waals surface area (Å²) in [4.78, 5) is 11.9. The molecule has 3 aromatic heterocycles. The molecular formula is C13H11N5. The van der Waals surface area contributed by atoms with Gasteiger partial charge in [-0.2, -0.15) is 0 Å².